The molecule has 2 aromatic carbocycles. The highest BCUT2D eigenvalue weighted by Crippen LogP contribution is 2.14. The van der Waals surface area contributed by atoms with Crippen LogP contribution in [-0.2, 0) is 9.59 Å². The molecule has 0 aliphatic carbocycles. The molecule has 5 nitrogen and oxygen atoms in total. The molecular formula is C20H22ClN3O2. The van der Waals surface area contributed by atoms with Gasteiger partial charge in [0.05, 0.1) is 5.71 Å². The highest BCUT2D eigenvalue weighted by molar-refractivity contribution is 6.30. The molecule has 2 amide bonds. The molecule has 0 aromatic heterocycles. The molecular weight excluding hydrogens is 350 g/mol. The van der Waals surface area contributed by atoms with Gasteiger partial charge in [-0.05, 0) is 61.7 Å². The van der Waals surface area contributed by atoms with E-state index in [4.69, 9.17) is 11.6 Å². The van der Waals surface area contributed by atoms with Crippen molar-refractivity contribution in [2.45, 2.75) is 33.6 Å². The molecule has 0 heterocycles. The van der Waals surface area contributed by atoms with E-state index in [-0.39, 0.29) is 24.7 Å². The highest BCUT2D eigenvalue weighted by atomic mass is 35.5. The number of hydrogen-bond acceptors (Lipinski definition) is 3. The number of rotatable bonds is 6. The van der Waals surface area contributed by atoms with Crippen molar-refractivity contribution >= 4 is 34.8 Å². The fourth-order valence-corrected chi connectivity index (χ4v) is 2.35. The van der Waals surface area contributed by atoms with Gasteiger partial charge in [-0.1, -0.05) is 29.8 Å². The van der Waals surface area contributed by atoms with Crippen LogP contribution in [0.25, 0.3) is 0 Å². The zero-order valence-electron chi connectivity index (χ0n) is 15.1. The average Bonchev–Trinajstić information content (AvgIpc) is 2.61. The first kappa shape index (κ1) is 19.7. The molecule has 0 spiro atoms. The minimum atomic E-state index is -0.312. The van der Waals surface area contributed by atoms with E-state index in [1.807, 2.05) is 44.2 Å². The fourth-order valence-electron chi connectivity index (χ4n) is 2.23. The number of nitrogens with zero attached hydrogens (tertiary/aromatic N) is 1. The molecule has 136 valence electrons. The van der Waals surface area contributed by atoms with E-state index >= 15 is 0 Å². The van der Waals surface area contributed by atoms with Gasteiger partial charge >= 0.3 is 0 Å². The van der Waals surface area contributed by atoms with Crippen LogP contribution in [0, 0.1) is 13.8 Å². The molecule has 26 heavy (non-hydrogen) atoms. The van der Waals surface area contributed by atoms with Gasteiger partial charge in [0, 0.05) is 23.6 Å². The Kier molecular flexibility index (Phi) is 6.92. The molecule has 2 N–H and O–H groups in total. The summed E-state index contributed by atoms with van der Waals surface area (Å²) in [4.78, 5) is 23.8. The lowest BCUT2D eigenvalue weighted by Gasteiger charge is -2.07. The van der Waals surface area contributed by atoms with E-state index in [1.165, 1.54) is 0 Å². The Balaban J connectivity index is 1.80. The van der Waals surface area contributed by atoms with Gasteiger partial charge in [0.15, 0.2) is 0 Å². The fraction of sp³-hybridized carbons (Fsp3) is 0.250. The first-order valence-corrected chi connectivity index (χ1v) is 8.69. The zero-order chi connectivity index (χ0) is 19.1. The first-order chi connectivity index (χ1) is 12.3. The Hall–Kier alpha value is -2.66. The van der Waals surface area contributed by atoms with Gasteiger partial charge in [0.2, 0.25) is 11.8 Å². The van der Waals surface area contributed by atoms with Crippen LogP contribution in [0.3, 0.4) is 0 Å². The lowest BCUT2D eigenvalue weighted by molar-refractivity contribution is -0.124. The number of anilines is 1. The van der Waals surface area contributed by atoms with Crippen LogP contribution >= 0.6 is 11.6 Å². The predicted molar refractivity (Wildman–Crippen MR) is 106 cm³/mol. The van der Waals surface area contributed by atoms with Crippen LogP contribution in [0.15, 0.2) is 47.6 Å². The second-order valence-electron chi connectivity index (χ2n) is 6.09. The molecule has 2 rings (SSSR count). The second kappa shape index (κ2) is 9.15. The number of hydrogen-bond donors (Lipinski definition) is 2. The molecule has 0 aliphatic rings. The summed E-state index contributed by atoms with van der Waals surface area (Å²) in [6.45, 7) is 5.78. The second-order valence-corrected chi connectivity index (χ2v) is 6.52. The molecule has 0 saturated carbocycles. The van der Waals surface area contributed by atoms with Gasteiger partial charge in [0.25, 0.3) is 0 Å². The van der Waals surface area contributed by atoms with Crippen LogP contribution in [0.1, 0.15) is 36.5 Å². The Morgan fingerprint density at radius 2 is 1.62 bits per heavy atom. The maximum atomic E-state index is 12.0. The maximum Gasteiger partial charge on any atom is 0.240 e. The number of carbonyl (C=O) groups excluding carboxylic acids is 2. The lowest BCUT2D eigenvalue weighted by Crippen LogP contribution is -2.21. The Labute approximate surface area is 158 Å². The van der Waals surface area contributed by atoms with E-state index in [0.29, 0.717) is 10.7 Å². The van der Waals surface area contributed by atoms with E-state index in [1.54, 1.807) is 19.1 Å². The lowest BCUT2D eigenvalue weighted by atomic mass is 10.1. The number of amides is 2. The van der Waals surface area contributed by atoms with Gasteiger partial charge < -0.3 is 5.32 Å². The van der Waals surface area contributed by atoms with Crippen molar-refractivity contribution in [2.24, 2.45) is 5.10 Å². The van der Waals surface area contributed by atoms with Gasteiger partial charge in [-0.15, -0.1) is 0 Å². The molecule has 0 bridgehead atoms. The predicted octanol–water partition coefficient (Wildman–Crippen LogP) is 4.22. The monoisotopic (exact) mass is 371 g/mol. The van der Waals surface area contributed by atoms with Crippen LogP contribution in [-0.4, -0.2) is 17.5 Å². The average molecular weight is 372 g/mol. The van der Waals surface area contributed by atoms with E-state index < -0.39 is 0 Å². The van der Waals surface area contributed by atoms with Crippen LogP contribution < -0.4 is 10.7 Å². The molecule has 0 unspecified atom stereocenters. The quantitative estimate of drug-likeness (QED) is 0.589. The van der Waals surface area contributed by atoms with E-state index in [9.17, 15) is 9.59 Å². The number of aryl methyl sites for hydroxylation is 2. The van der Waals surface area contributed by atoms with Gasteiger partial charge in [-0.2, -0.15) is 5.10 Å². The first-order valence-electron chi connectivity index (χ1n) is 8.31. The third kappa shape index (κ3) is 6.01. The number of benzene rings is 2. The topological polar surface area (TPSA) is 70.6 Å². The normalized spacial score (nSPS) is 11.2. The van der Waals surface area contributed by atoms with Crippen molar-refractivity contribution in [2.75, 3.05) is 5.32 Å². The summed E-state index contributed by atoms with van der Waals surface area (Å²) in [7, 11) is 0. The smallest absolute Gasteiger partial charge is 0.240 e. The summed E-state index contributed by atoms with van der Waals surface area (Å²) >= 11 is 5.84. The standard InChI is InChI=1S/C20H22ClN3O2/c1-13-4-9-18(12-14(13)2)22-19(25)10-11-20(26)24-23-15(3)16-5-7-17(21)8-6-16/h4-9,12H,10-11H2,1-3H3,(H,22,25)(H,24,26). The van der Waals surface area contributed by atoms with Gasteiger partial charge in [-0.3, -0.25) is 9.59 Å². The number of carbonyl (C=O) groups is 2. The van der Waals surface area contributed by atoms with Crippen LogP contribution in [0.4, 0.5) is 5.69 Å². The minimum Gasteiger partial charge on any atom is -0.326 e. The largest absolute Gasteiger partial charge is 0.326 e. The summed E-state index contributed by atoms with van der Waals surface area (Å²) in [6.07, 6.45) is 0.155. The molecule has 0 radical (unpaired) electrons. The molecule has 0 saturated heterocycles. The SMILES string of the molecule is CC(=NNC(=O)CCC(=O)Nc1ccc(C)c(C)c1)c1ccc(Cl)cc1. The van der Waals surface area contributed by atoms with Crippen LogP contribution in [0.5, 0.6) is 0 Å². The Bertz CT molecular complexity index is 829. The summed E-state index contributed by atoms with van der Waals surface area (Å²) in [5, 5.41) is 7.48. The van der Waals surface area contributed by atoms with Gasteiger partial charge in [-0.25, -0.2) is 5.43 Å². The van der Waals surface area contributed by atoms with Crippen molar-refractivity contribution in [1.82, 2.24) is 5.43 Å². The van der Waals surface area contributed by atoms with Crippen molar-refractivity contribution in [3.8, 4) is 0 Å². The van der Waals surface area contributed by atoms with Crippen molar-refractivity contribution in [3.05, 3.63) is 64.2 Å². The Morgan fingerprint density at radius 1 is 0.962 bits per heavy atom. The Morgan fingerprint density at radius 3 is 2.27 bits per heavy atom. The highest BCUT2D eigenvalue weighted by Gasteiger charge is 2.08. The molecule has 0 atom stereocenters. The third-order valence-corrected chi connectivity index (χ3v) is 4.23. The zero-order valence-corrected chi connectivity index (χ0v) is 15.9. The van der Waals surface area contributed by atoms with Crippen LogP contribution in [0.2, 0.25) is 5.02 Å². The molecule has 0 fully saturated rings. The molecule has 6 heteroatoms. The van der Waals surface area contributed by atoms with Crippen molar-refractivity contribution in [3.63, 3.8) is 0 Å². The molecule has 2 aromatic rings. The maximum absolute atomic E-state index is 12.0. The minimum absolute atomic E-state index is 0.0636. The summed E-state index contributed by atoms with van der Waals surface area (Å²) in [6, 6.07) is 12.9. The van der Waals surface area contributed by atoms with E-state index in [2.05, 4.69) is 15.8 Å². The number of halogens is 1. The third-order valence-electron chi connectivity index (χ3n) is 3.98. The van der Waals surface area contributed by atoms with Gasteiger partial charge in [0.1, 0.15) is 0 Å². The summed E-state index contributed by atoms with van der Waals surface area (Å²) < 4.78 is 0. The van der Waals surface area contributed by atoms with E-state index in [0.717, 1.165) is 22.4 Å². The number of nitrogens with one attached hydrogen (secondary N) is 2. The van der Waals surface area contributed by atoms with Crippen molar-refractivity contribution in [1.29, 1.82) is 0 Å². The summed E-state index contributed by atoms with van der Waals surface area (Å²) in [5.41, 5.74) is 6.99. The number of hydrazone groups is 1. The summed E-state index contributed by atoms with van der Waals surface area (Å²) in [5.74, 6) is -0.518. The van der Waals surface area contributed by atoms with Crippen molar-refractivity contribution < 1.29 is 9.59 Å². The molecule has 0 aliphatic heterocycles.